The number of carboxylic acid groups (broad SMARTS) is 1. The summed E-state index contributed by atoms with van der Waals surface area (Å²) in [4.78, 5) is 50.9. The molecule has 0 spiro atoms. The molecule has 0 saturated carbocycles. The Bertz CT molecular complexity index is 1550. The van der Waals surface area contributed by atoms with Crippen LogP contribution < -0.4 is 0 Å². The van der Waals surface area contributed by atoms with Crippen LogP contribution in [-0.2, 0) is 42.9 Å². The van der Waals surface area contributed by atoms with Gasteiger partial charge in [0.1, 0.15) is 18.8 Å². The summed E-state index contributed by atoms with van der Waals surface area (Å²) >= 11 is 0. The van der Waals surface area contributed by atoms with Crippen molar-refractivity contribution in [1.29, 1.82) is 0 Å². The minimum atomic E-state index is -1.91. The van der Waals surface area contributed by atoms with Crippen LogP contribution in [0.2, 0.25) is 0 Å². The number of carbonyl (C=O) groups is 4. The second kappa shape index (κ2) is 49.1. The number of hydrogen-bond acceptors (Lipinski definition) is 11. The van der Waals surface area contributed by atoms with Gasteiger partial charge in [0, 0.05) is 12.8 Å². The molecule has 0 amide bonds. The Labute approximate surface area is 442 Å². The summed E-state index contributed by atoms with van der Waals surface area (Å²) in [5, 5.41) is 31.4. The minimum Gasteiger partial charge on any atom is -0.479 e. The lowest BCUT2D eigenvalue weighted by Gasteiger charge is -2.40. The average molecular weight is 1030 g/mol. The third-order valence-corrected chi connectivity index (χ3v) is 12.8. The van der Waals surface area contributed by atoms with E-state index in [1.807, 2.05) is 12.2 Å². The van der Waals surface area contributed by atoms with Crippen LogP contribution in [-0.4, -0.2) is 89.2 Å². The predicted octanol–water partition coefficient (Wildman–Crippen LogP) is 14.6. The van der Waals surface area contributed by atoms with Gasteiger partial charge in [0.2, 0.25) is 0 Å². The number of aliphatic hydroxyl groups is 2. The number of aliphatic carboxylic acids is 1. The van der Waals surface area contributed by atoms with Crippen LogP contribution in [0.1, 0.15) is 239 Å². The van der Waals surface area contributed by atoms with Gasteiger partial charge in [0.25, 0.3) is 0 Å². The Kier molecular flexibility index (Phi) is 45.1. The SMILES string of the molecule is CC/C=C\C/C=C\C/C=C\C/C=C\C/C=C\CC(=O)OCC(COC1OC(C(=O)O)C(O)C(O)C1OC(=O)CCCCCCCCC/C=C\CCCCCCCC)OC(=O)CCCCCCCCCCCCC. The fourth-order valence-electron chi connectivity index (χ4n) is 8.38. The van der Waals surface area contributed by atoms with E-state index in [0.717, 1.165) is 83.5 Å². The normalized spacial score (nSPS) is 18.8. The smallest absolute Gasteiger partial charge is 0.335 e. The number of hydrogen-bond donors (Lipinski definition) is 3. The van der Waals surface area contributed by atoms with E-state index in [-0.39, 0.29) is 25.9 Å². The Hall–Kier alpha value is -3.84. The van der Waals surface area contributed by atoms with Gasteiger partial charge in [0.15, 0.2) is 24.6 Å². The van der Waals surface area contributed by atoms with E-state index in [1.54, 1.807) is 6.08 Å². The topological polar surface area (TPSA) is 175 Å². The maximum Gasteiger partial charge on any atom is 0.335 e. The summed E-state index contributed by atoms with van der Waals surface area (Å²) in [5.41, 5.74) is 0. The molecule has 12 nitrogen and oxygen atoms in total. The van der Waals surface area contributed by atoms with Gasteiger partial charge in [-0.1, -0.05) is 222 Å². The number of esters is 3. The van der Waals surface area contributed by atoms with Gasteiger partial charge in [-0.3, -0.25) is 14.4 Å². The van der Waals surface area contributed by atoms with Crippen molar-refractivity contribution < 1.29 is 58.2 Å². The van der Waals surface area contributed by atoms with Gasteiger partial charge in [-0.15, -0.1) is 0 Å². The lowest BCUT2D eigenvalue weighted by atomic mass is 9.98. The van der Waals surface area contributed by atoms with Crippen molar-refractivity contribution in [3.05, 3.63) is 72.9 Å². The summed E-state index contributed by atoms with van der Waals surface area (Å²) < 4.78 is 28.3. The third-order valence-electron chi connectivity index (χ3n) is 12.8. The Morgan fingerprint density at radius 1 is 0.479 bits per heavy atom. The summed E-state index contributed by atoms with van der Waals surface area (Å²) in [6.07, 6.45) is 49.0. The number of carbonyl (C=O) groups excluding carboxylic acids is 3. The molecule has 6 unspecified atom stereocenters. The fraction of sp³-hybridized carbons (Fsp3) is 0.738. The van der Waals surface area contributed by atoms with Crippen LogP contribution in [0.5, 0.6) is 0 Å². The van der Waals surface area contributed by atoms with E-state index in [0.29, 0.717) is 19.3 Å². The number of allylic oxidation sites excluding steroid dienone is 11. The minimum absolute atomic E-state index is 0.0147. The molecule has 1 aliphatic heterocycles. The molecule has 73 heavy (non-hydrogen) atoms. The monoisotopic (exact) mass is 1030 g/mol. The summed E-state index contributed by atoms with van der Waals surface area (Å²) in [5.74, 6) is -3.28. The van der Waals surface area contributed by atoms with Crippen molar-refractivity contribution in [2.75, 3.05) is 13.2 Å². The molecule has 1 heterocycles. The molecule has 0 aromatic carbocycles. The Morgan fingerprint density at radius 2 is 0.904 bits per heavy atom. The van der Waals surface area contributed by atoms with E-state index in [1.165, 1.54) is 96.3 Å². The second-order valence-corrected chi connectivity index (χ2v) is 19.6. The zero-order valence-corrected chi connectivity index (χ0v) is 45.9. The second-order valence-electron chi connectivity index (χ2n) is 19.6. The molecular weight excluding hydrogens is 925 g/mol. The first-order valence-corrected chi connectivity index (χ1v) is 28.9. The highest BCUT2D eigenvalue weighted by molar-refractivity contribution is 5.74. The quantitative estimate of drug-likeness (QED) is 0.0228. The molecule has 6 atom stereocenters. The van der Waals surface area contributed by atoms with Gasteiger partial charge < -0.3 is 39.0 Å². The van der Waals surface area contributed by atoms with E-state index < -0.39 is 67.3 Å². The Morgan fingerprint density at radius 3 is 1.37 bits per heavy atom. The molecule has 0 aromatic heterocycles. The molecule has 1 aliphatic rings. The zero-order valence-electron chi connectivity index (χ0n) is 45.9. The molecule has 0 radical (unpaired) electrons. The van der Waals surface area contributed by atoms with Gasteiger partial charge >= 0.3 is 23.9 Å². The highest BCUT2D eigenvalue weighted by atomic mass is 16.7. The van der Waals surface area contributed by atoms with Gasteiger partial charge in [-0.2, -0.15) is 0 Å². The number of aliphatic hydroxyl groups excluding tert-OH is 2. The maximum absolute atomic E-state index is 13.1. The van der Waals surface area contributed by atoms with E-state index in [4.69, 9.17) is 23.7 Å². The molecule has 0 aliphatic carbocycles. The van der Waals surface area contributed by atoms with Crippen LogP contribution in [0.25, 0.3) is 0 Å². The molecule has 3 N–H and O–H groups in total. The standard InChI is InChI=1S/C61H102O12/c1-4-7-10-13-16-19-22-24-26-27-29-31-34-37-40-43-46-49-55(64)72-59-57(66)56(65)58(60(67)68)73-61(59)70-51-52(71-54(63)48-45-42-39-36-32-21-18-15-12-9-6-3)50-69-53(62)47-44-41-38-35-33-30-28-25-23-20-17-14-11-8-5-2/h8,11,17,20,24-26,28,33,35,41,44,52,56-59,61,65-66H,4-7,9-10,12-16,18-19,21-23,27,29-32,34,36-40,42-43,45-51H2,1-3H3,(H,67,68)/b11-8-,20-17-,26-24-,28-25-,35-33-,44-41-. The predicted molar refractivity (Wildman–Crippen MR) is 294 cm³/mol. The van der Waals surface area contributed by atoms with Crippen molar-refractivity contribution in [2.24, 2.45) is 0 Å². The molecular formula is C61H102O12. The first kappa shape index (κ1) is 67.2. The van der Waals surface area contributed by atoms with Crippen molar-refractivity contribution in [2.45, 2.75) is 276 Å². The van der Waals surface area contributed by atoms with Crippen LogP contribution in [0.15, 0.2) is 72.9 Å². The summed E-state index contributed by atoms with van der Waals surface area (Å²) in [6.45, 7) is 5.77. The lowest BCUT2D eigenvalue weighted by molar-refractivity contribution is -0.301. The highest BCUT2D eigenvalue weighted by Crippen LogP contribution is 2.26. The third kappa shape index (κ3) is 39.3. The molecule has 1 fully saturated rings. The van der Waals surface area contributed by atoms with Crippen LogP contribution in [0, 0.1) is 0 Å². The molecule has 1 rings (SSSR count). The van der Waals surface area contributed by atoms with Crippen LogP contribution in [0.4, 0.5) is 0 Å². The van der Waals surface area contributed by atoms with Crippen molar-refractivity contribution in [3.63, 3.8) is 0 Å². The van der Waals surface area contributed by atoms with Crippen molar-refractivity contribution in [3.8, 4) is 0 Å². The van der Waals surface area contributed by atoms with E-state index in [2.05, 4.69) is 75.5 Å². The number of unbranched alkanes of at least 4 members (excludes halogenated alkanes) is 23. The van der Waals surface area contributed by atoms with Crippen molar-refractivity contribution in [1.82, 2.24) is 0 Å². The molecule has 0 bridgehead atoms. The number of ether oxygens (including phenoxy) is 5. The van der Waals surface area contributed by atoms with E-state index in [9.17, 15) is 34.5 Å². The lowest BCUT2D eigenvalue weighted by Crippen LogP contribution is -2.61. The summed E-state index contributed by atoms with van der Waals surface area (Å²) in [7, 11) is 0. The average Bonchev–Trinajstić information content (AvgIpc) is 3.37. The number of rotatable bonds is 48. The first-order valence-electron chi connectivity index (χ1n) is 28.9. The van der Waals surface area contributed by atoms with Crippen molar-refractivity contribution >= 4 is 23.9 Å². The molecule has 1 saturated heterocycles. The molecule has 12 heteroatoms. The van der Waals surface area contributed by atoms with Gasteiger partial charge in [-0.25, -0.2) is 4.79 Å². The van der Waals surface area contributed by atoms with Gasteiger partial charge in [0.05, 0.1) is 13.0 Å². The van der Waals surface area contributed by atoms with Crippen LogP contribution >= 0.6 is 0 Å². The highest BCUT2D eigenvalue weighted by Gasteiger charge is 2.50. The summed E-state index contributed by atoms with van der Waals surface area (Å²) in [6, 6.07) is 0. The largest absolute Gasteiger partial charge is 0.479 e. The fourth-order valence-corrected chi connectivity index (χ4v) is 8.38. The number of carboxylic acids is 1. The van der Waals surface area contributed by atoms with Gasteiger partial charge in [-0.05, 0) is 70.6 Å². The van der Waals surface area contributed by atoms with Crippen LogP contribution in [0.3, 0.4) is 0 Å². The zero-order chi connectivity index (χ0) is 53.3. The van der Waals surface area contributed by atoms with E-state index >= 15 is 0 Å². The maximum atomic E-state index is 13.1. The Balaban J connectivity index is 2.73. The molecule has 418 valence electrons. The molecule has 0 aromatic rings. The first-order chi connectivity index (χ1) is 35.6.